The lowest BCUT2D eigenvalue weighted by Gasteiger charge is -2.10. The number of hydrogen-bond donors (Lipinski definition) is 1. The van der Waals surface area contributed by atoms with Crippen LogP contribution in [0, 0.1) is 0 Å². The van der Waals surface area contributed by atoms with E-state index in [1.165, 1.54) is 25.3 Å². The van der Waals surface area contributed by atoms with Crippen molar-refractivity contribution in [3.8, 4) is 11.5 Å². The smallest absolute Gasteiger partial charge is 0.387 e. The fraction of sp³-hybridized carbons (Fsp3) is 0.111. The van der Waals surface area contributed by atoms with Gasteiger partial charge in [-0.1, -0.05) is 24.3 Å². The number of hydrogen-bond acceptors (Lipinski definition) is 4. The van der Waals surface area contributed by atoms with Crippen LogP contribution in [0.4, 0.5) is 8.78 Å². The number of benzene rings is 2. The monoisotopic (exact) mass is 344 g/mol. The minimum atomic E-state index is -2.96. The Balaban J connectivity index is 1.94. The van der Waals surface area contributed by atoms with Crippen molar-refractivity contribution in [2.24, 2.45) is 0 Å². The first-order valence-electron chi connectivity index (χ1n) is 7.37. The van der Waals surface area contributed by atoms with E-state index in [1.54, 1.807) is 30.3 Å². The van der Waals surface area contributed by atoms with E-state index in [4.69, 9.17) is 4.74 Å². The third kappa shape index (κ3) is 3.82. The van der Waals surface area contributed by atoms with Gasteiger partial charge in [-0.3, -0.25) is 4.79 Å². The Morgan fingerprint density at radius 3 is 2.68 bits per heavy atom. The average molecular weight is 344 g/mol. The number of rotatable bonds is 5. The summed E-state index contributed by atoms with van der Waals surface area (Å²) < 4.78 is 34.4. The van der Waals surface area contributed by atoms with Crippen LogP contribution in [0.2, 0.25) is 0 Å². The SMILES string of the molecule is COc1ccc(/C=C/c2nc3ccccc3[nH]c2=O)cc1OC(F)F. The summed E-state index contributed by atoms with van der Waals surface area (Å²) in [5, 5.41) is 0. The van der Waals surface area contributed by atoms with Gasteiger partial charge in [0.1, 0.15) is 5.69 Å². The van der Waals surface area contributed by atoms with Gasteiger partial charge in [-0.15, -0.1) is 0 Å². The molecular weight excluding hydrogens is 330 g/mol. The van der Waals surface area contributed by atoms with Gasteiger partial charge in [0.25, 0.3) is 5.56 Å². The molecule has 0 aliphatic carbocycles. The second-order valence-corrected chi connectivity index (χ2v) is 5.09. The van der Waals surface area contributed by atoms with Gasteiger partial charge in [-0.25, -0.2) is 4.98 Å². The summed E-state index contributed by atoms with van der Waals surface area (Å²) in [4.78, 5) is 19.1. The normalized spacial score (nSPS) is 11.4. The number of nitrogens with one attached hydrogen (secondary N) is 1. The molecule has 1 heterocycles. The lowest BCUT2D eigenvalue weighted by atomic mass is 10.1. The van der Waals surface area contributed by atoms with Crippen LogP contribution < -0.4 is 15.0 Å². The van der Waals surface area contributed by atoms with E-state index in [0.717, 1.165) is 0 Å². The molecular formula is C18H14F2N2O3. The number of methoxy groups -OCH3 is 1. The highest BCUT2D eigenvalue weighted by Crippen LogP contribution is 2.30. The standard InChI is InChI=1S/C18H14F2N2O3/c1-24-15-9-7-11(10-16(15)25-18(19)20)6-8-14-17(23)22-13-5-3-2-4-12(13)21-14/h2-10,18H,1H3,(H,22,23)/b8-6+. The van der Waals surface area contributed by atoms with Crippen LogP contribution in [-0.2, 0) is 0 Å². The van der Waals surface area contributed by atoms with Crippen LogP contribution in [0.3, 0.4) is 0 Å². The van der Waals surface area contributed by atoms with Gasteiger partial charge in [0.2, 0.25) is 0 Å². The van der Waals surface area contributed by atoms with Crippen LogP contribution in [0.25, 0.3) is 23.2 Å². The molecule has 7 heteroatoms. The Morgan fingerprint density at radius 2 is 1.92 bits per heavy atom. The number of aromatic amines is 1. The van der Waals surface area contributed by atoms with E-state index in [1.807, 2.05) is 6.07 Å². The van der Waals surface area contributed by atoms with Crippen molar-refractivity contribution in [2.45, 2.75) is 6.61 Å². The van der Waals surface area contributed by atoms with Gasteiger partial charge in [-0.2, -0.15) is 8.78 Å². The molecule has 0 aliphatic heterocycles. The van der Waals surface area contributed by atoms with Crippen LogP contribution in [-0.4, -0.2) is 23.7 Å². The molecule has 128 valence electrons. The highest BCUT2D eigenvalue weighted by molar-refractivity contribution is 5.76. The highest BCUT2D eigenvalue weighted by Gasteiger charge is 2.10. The quantitative estimate of drug-likeness (QED) is 0.766. The molecule has 1 N–H and O–H groups in total. The molecule has 0 spiro atoms. The third-order valence-electron chi connectivity index (χ3n) is 3.46. The van der Waals surface area contributed by atoms with E-state index in [9.17, 15) is 13.6 Å². The lowest BCUT2D eigenvalue weighted by Crippen LogP contribution is -2.11. The largest absolute Gasteiger partial charge is 0.493 e. The molecule has 3 aromatic rings. The van der Waals surface area contributed by atoms with E-state index in [0.29, 0.717) is 16.6 Å². The van der Waals surface area contributed by atoms with Crippen molar-refractivity contribution in [1.29, 1.82) is 0 Å². The number of halogens is 2. The summed E-state index contributed by atoms with van der Waals surface area (Å²) in [5.74, 6) is 0.110. The molecule has 0 radical (unpaired) electrons. The van der Waals surface area contributed by atoms with E-state index >= 15 is 0 Å². The van der Waals surface area contributed by atoms with Gasteiger partial charge in [0, 0.05) is 0 Å². The molecule has 0 unspecified atom stereocenters. The van der Waals surface area contributed by atoms with Crippen molar-refractivity contribution < 1.29 is 18.3 Å². The fourth-order valence-electron chi connectivity index (χ4n) is 2.32. The summed E-state index contributed by atoms with van der Waals surface area (Å²) in [7, 11) is 1.36. The van der Waals surface area contributed by atoms with Crippen molar-refractivity contribution in [1.82, 2.24) is 9.97 Å². The maximum absolute atomic E-state index is 12.5. The summed E-state index contributed by atoms with van der Waals surface area (Å²) in [6, 6.07) is 11.7. The van der Waals surface area contributed by atoms with Crippen molar-refractivity contribution in [3.05, 3.63) is 64.1 Å². The van der Waals surface area contributed by atoms with E-state index < -0.39 is 6.61 Å². The highest BCUT2D eigenvalue weighted by atomic mass is 19.3. The fourth-order valence-corrected chi connectivity index (χ4v) is 2.32. The Kier molecular flexibility index (Phi) is 4.74. The molecule has 0 saturated heterocycles. The molecule has 3 rings (SSSR count). The second-order valence-electron chi connectivity index (χ2n) is 5.09. The second kappa shape index (κ2) is 7.12. The molecule has 0 amide bonds. The Hall–Kier alpha value is -3.22. The first kappa shape index (κ1) is 16.6. The molecule has 0 fully saturated rings. The topological polar surface area (TPSA) is 64.2 Å². The molecule has 0 saturated carbocycles. The van der Waals surface area contributed by atoms with Gasteiger partial charge in [0.15, 0.2) is 11.5 Å². The number of aromatic nitrogens is 2. The van der Waals surface area contributed by atoms with Crippen molar-refractivity contribution >= 4 is 23.2 Å². The Labute approximate surface area is 141 Å². The van der Waals surface area contributed by atoms with Crippen LogP contribution in [0.15, 0.2) is 47.3 Å². The van der Waals surface area contributed by atoms with Crippen molar-refractivity contribution in [2.75, 3.05) is 7.11 Å². The summed E-state index contributed by atoms with van der Waals surface area (Å²) in [5.41, 5.74) is 1.73. The van der Waals surface area contributed by atoms with Crippen molar-refractivity contribution in [3.63, 3.8) is 0 Å². The minimum Gasteiger partial charge on any atom is -0.493 e. The molecule has 2 aromatic carbocycles. The van der Waals surface area contributed by atoms with Crippen LogP contribution in [0.5, 0.6) is 11.5 Å². The summed E-state index contributed by atoms with van der Waals surface area (Å²) >= 11 is 0. The number of H-pyrrole nitrogens is 1. The number of ether oxygens (including phenoxy) is 2. The average Bonchev–Trinajstić information content (AvgIpc) is 2.59. The maximum Gasteiger partial charge on any atom is 0.387 e. The van der Waals surface area contributed by atoms with Gasteiger partial charge in [-0.05, 0) is 35.9 Å². The number of alkyl halides is 2. The molecule has 0 aliphatic rings. The first-order valence-corrected chi connectivity index (χ1v) is 7.37. The Bertz CT molecular complexity index is 983. The number of fused-ring (bicyclic) bond motifs is 1. The number of nitrogens with zero attached hydrogens (tertiary/aromatic N) is 1. The zero-order chi connectivity index (χ0) is 17.8. The van der Waals surface area contributed by atoms with Crippen LogP contribution in [0.1, 0.15) is 11.3 Å². The lowest BCUT2D eigenvalue weighted by molar-refractivity contribution is -0.0512. The Morgan fingerprint density at radius 1 is 1.12 bits per heavy atom. The number of para-hydroxylation sites is 2. The van der Waals surface area contributed by atoms with Crippen LogP contribution >= 0.6 is 0 Å². The van der Waals surface area contributed by atoms with Gasteiger partial charge >= 0.3 is 6.61 Å². The third-order valence-corrected chi connectivity index (χ3v) is 3.46. The summed E-state index contributed by atoms with van der Waals surface area (Å²) in [6.07, 6.45) is 3.10. The maximum atomic E-state index is 12.5. The predicted molar refractivity (Wildman–Crippen MR) is 90.9 cm³/mol. The zero-order valence-corrected chi connectivity index (χ0v) is 13.2. The summed E-state index contributed by atoms with van der Waals surface area (Å²) in [6.45, 7) is -2.96. The van der Waals surface area contributed by atoms with Gasteiger partial charge < -0.3 is 14.5 Å². The van der Waals surface area contributed by atoms with E-state index in [-0.39, 0.29) is 22.8 Å². The minimum absolute atomic E-state index is 0.0833. The molecule has 0 bridgehead atoms. The predicted octanol–water partition coefficient (Wildman–Crippen LogP) is 3.70. The molecule has 1 aromatic heterocycles. The zero-order valence-electron chi connectivity index (χ0n) is 13.2. The molecule has 0 atom stereocenters. The molecule has 25 heavy (non-hydrogen) atoms. The van der Waals surface area contributed by atoms with E-state index in [2.05, 4.69) is 14.7 Å². The van der Waals surface area contributed by atoms with Gasteiger partial charge in [0.05, 0.1) is 18.1 Å². The molecule has 5 nitrogen and oxygen atoms in total. The first-order chi connectivity index (χ1) is 12.1.